The molecule has 6 heteroatoms. The Morgan fingerprint density at radius 3 is 2.73 bits per heavy atom. The van der Waals surface area contributed by atoms with Crippen LogP contribution in [0.5, 0.6) is 5.75 Å². The highest BCUT2D eigenvalue weighted by atomic mass is 16.5. The fourth-order valence-electron chi connectivity index (χ4n) is 4.05. The Morgan fingerprint density at radius 1 is 1.17 bits per heavy atom. The van der Waals surface area contributed by atoms with E-state index in [2.05, 4.69) is 5.32 Å². The van der Waals surface area contributed by atoms with Crippen molar-refractivity contribution in [2.75, 3.05) is 23.9 Å². The molecule has 2 heterocycles. The van der Waals surface area contributed by atoms with Gasteiger partial charge in [-0.3, -0.25) is 14.6 Å². The van der Waals surface area contributed by atoms with Crippen molar-refractivity contribution in [3.05, 3.63) is 59.8 Å². The first-order chi connectivity index (χ1) is 14.6. The number of hydrogen-bond donors (Lipinski definition) is 1. The van der Waals surface area contributed by atoms with Crippen LogP contribution in [0.3, 0.4) is 0 Å². The van der Waals surface area contributed by atoms with Crippen molar-refractivity contribution < 1.29 is 14.3 Å². The van der Waals surface area contributed by atoms with E-state index in [1.54, 1.807) is 24.1 Å². The zero-order chi connectivity index (χ0) is 20.7. The van der Waals surface area contributed by atoms with Gasteiger partial charge >= 0.3 is 0 Å². The Morgan fingerprint density at radius 2 is 2.00 bits per heavy atom. The number of carbonyl (C=O) groups excluding carboxylic acids is 2. The highest BCUT2D eigenvalue weighted by Gasteiger charge is 2.27. The Kier molecular flexibility index (Phi) is 4.62. The normalized spacial score (nSPS) is 16.2. The van der Waals surface area contributed by atoms with Crippen molar-refractivity contribution in [2.45, 2.75) is 31.6 Å². The molecule has 1 aromatic heterocycles. The van der Waals surface area contributed by atoms with Crippen LogP contribution < -0.4 is 15.0 Å². The molecule has 30 heavy (non-hydrogen) atoms. The van der Waals surface area contributed by atoms with Gasteiger partial charge in [0.15, 0.2) is 0 Å². The van der Waals surface area contributed by atoms with Crippen LogP contribution in [0.4, 0.5) is 11.4 Å². The van der Waals surface area contributed by atoms with Crippen LogP contribution in [0.25, 0.3) is 10.9 Å². The van der Waals surface area contributed by atoms with E-state index in [-0.39, 0.29) is 11.8 Å². The van der Waals surface area contributed by atoms with Gasteiger partial charge in [-0.25, -0.2) is 0 Å². The van der Waals surface area contributed by atoms with Crippen molar-refractivity contribution in [2.24, 2.45) is 0 Å². The lowest BCUT2D eigenvalue weighted by Gasteiger charge is -2.20. The monoisotopic (exact) mass is 401 g/mol. The van der Waals surface area contributed by atoms with Crippen molar-refractivity contribution in [1.29, 1.82) is 0 Å². The van der Waals surface area contributed by atoms with Gasteiger partial charge in [-0.05, 0) is 49.6 Å². The number of fused-ring (bicyclic) bond motifs is 1. The molecule has 2 aromatic carbocycles. The number of aromatic nitrogens is 1. The van der Waals surface area contributed by atoms with Crippen molar-refractivity contribution >= 4 is 34.1 Å². The van der Waals surface area contributed by atoms with E-state index < -0.39 is 0 Å². The topological polar surface area (TPSA) is 71.5 Å². The van der Waals surface area contributed by atoms with Crippen LogP contribution in [0.15, 0.2) is 48.5 Å². The first-order valence-electron chi connectivity index (χ1n) is 10.3. The average Bonchev–Trinajstić information content (AvgIpc) is 3.53. The van der Waals surface area contributed by atoms with E-state index in [0.717, 1.165) is 35.9 Å². The van der Waals surface area contributed by atoms with Crippen LogP contribution in [-0.2, 0) is 4.79 Å². The van der Waals surface area contributed by atoms with Crippen molar-refractivity contribution in [3.8, 4) is 5.75 Å². The number of methoxy groups -OCH3 is 1. The maximum Gasteiger partial charge on any atom is 0.256 e. The fraction of sp³-hybridized carbons (Fsp3) is 0.292. The number of para-hydroxylation sites is 1. The Balaban J connectivity index is 1.49. The second-order valence-corrected chi connectivity index (χ2v) is 7.88. The highest BCUT2D eigenvalue weighted by Crippen LogP contribution is 2.40. The second-order valence-electron chi connectivity index (χ2n) is 7.88. The van der Waals surface area contributed by atoms with Crippen LogP contribution in [-0.4, -0.2) is 30.5 Å². The summed E-state index contributed by atoms with van der Waals surface area (Å²) in [5.74, 6) is 0.967. The van der Waals surface area contributed by atoms with Gasteiger partial charge in [0.25, 0.3) is 5.91 Å². The number of nitrogens with one attached hydrogen (secondary N) is 1. The van der Waals surface area contributed by atoms with Gasteiger partial charge < -0.3 is 15.0 Å². The number of hydrogen-bond acceptors (Lipinski definition) is 4. The molecule has 0 spiro atoms. The highest BCUT2D eigenvalue weighted by molar-refractivity contribution is 6.12. The Bertz CT molecular complexity index is 1150. The standard InChI is InChI=1S/C24H23N3O3/c1-30-22-11-10-16(13-21(22)27-12-4-7-23(27)28)25-24(29)18-14-20(15-8-9-15)26-19-6-3-2-5-17(18)19/h2-3,5-6,10-11,13-15H,4,7-9,12H2,1H3,(H,25,29). The molecular weight excluding hydrogens is 378 g/mol. The molecule has 6 nitrogen and oxygen atoms in total. The molecule has 1 saturated heterocycles. The molecule has 3 aromatic rings. The summed E-state index contributed by atoms with van der Waals surface area (Å²) in [6.07, 6.45) is 3.61. The summed E-state index contributed by atoms with van der Waals surface area (Å²) in [4.78, 5) is 31.9. The predicted octanol–water partition coefficient (Wildman–Crippen LogP) is 4.50. The van der Waals surface area contributed by atoms with E-state index in [9.17, 15) is 9.59 Å². The first-order valence-corrected chi connectivity index (χ1v) is 10.3. The quantitative estimate of drug-likeness (QED) is 0.683. The van der Waals surface area contributed by atoms with Crippen molar-refractivity contribution in [1.82, 2.24) is 4.98 Å². The van der Waals surface area contributed by atoms with Crippen LogP contribution in [0.1, 0.15) is 47.7 Å². The molecule has 0 unspecified atom stereocenters. The molecule has 2 fully saturated rings. The zero-order valence-corrected chi connectivity index (χ0v) is 16.9. The number of benzene rings is 2. The first kappa shape index (κ1) is 18.6. The van der Waals surface area contributed by atoms with E-state index in [4.69, 9.17) is 9.72 Å². The van der Waals surface area contributed by atoms with Gasteiger partial charge in [0.2, 0.25) is 5.91 Å². The van der Waals surface area contributed by atoms with Crippen molar-refractivity contribution in [3.63, 3.8) is 0 Å². The molecule has 1 saturated carbocycles. The summed E-state index contributed by atoms with van der Waals surface area (Å²) in [7, 11) is 1.58. The van der Waals surface area contributed by atoms with E-state index >= 15 is 0 Å². The largest absolute Gasteiger partial charge is 0.495 e. The molecule has 152 valence electrons. The molecule has 2 amide bonds. The van der Waals surface area contributed by atoms with Crippen LogP contribution in [0.2, 0.25) is 0 Å². The minimum Gasteiger partial charge on any atom is -0.495 e. The summed E-state index contributed by atoms with van der Waals surface area (Å²) in [6, 6.07) is 15.1. The molecule has 0 atom stereocenters. The molecule has 1 N–H and O–H groups in total. The van der Waals surface area contributed by atoms with Gasteiger partial charge in [0.1, 0.15) is 5.75 Å². The lowest BCUT2D eigenvalue weighted by Crippen LogP contribution is -2.24. The number of rotatable bonds is 5. The van der Waals surface area contributed by atoms with E-state index in [1.807, 2.05) is 36.4 Å². The number of pyridine rings is 1. The maximum atomic E-state index is 13.2. The lowest BCUT2D eigenvalue weighted by molar-refractivity contribution is -0.117. The van der Waals surface area contributed by atoms with Gasteiger partial charge in [-0.2, -0.15) is 0 Å². The minimum absolute atomic E-state index is 0.0750. The zero-order valence-electron chi connectivity index (χ0n) is 16.9. The third kappa shape index (κ3) is 3.38. The van der Waals surface area contributed by atoms with Crippen LogP contribution in [0, 0.1) is 0 Å². The Hall–Kier alpha value is -3.41. The third-order valence-electron chi connectivity index (χ3n) is 5.78. The molecular formula is C24H23N3O3. The van der Waals surface area contributed by atoms with E-state index in [0.29, 0.717) is 41.6 Å². The molecule has 1 aliphatic carbocycles. The number of ether oxygens (including phenoxy) is 1. The van der Waals surface area contributed by atoms with Gasteiger partial charge in [0, 0.05) is 35.7 Å². The number of nitrogens with zero attached hydrogens (tertiary/aromatic N) is 2. The van der Waals surface area contributed by atoms with Gasteiger partial charge in [-0.1, -0.05) is 18.2 Å². The summed E-state index contributed by atoms with van der Waals surface area (Å²) in [6.45, 7) is 0.659. The number of anilines is 2. The molecule has 0 bridgehead atoms. The maximum absolute atomic E-state index is 13.2. The number of carbonyl (C=O) groups is 2. The van der Waals surface area contributed by atoms with E-state index in [1.165, 1.54) is 0 Å². The minimum atomic E-state index is -0.181. The molecule has 1 aliphatic heterocycles. The Labute approximate surface area is 174 Å². The molecule has 0 radical (unpaired) electrons. The average molecular weight is 401 g/mol. The third-order valence-corrected chi connectivity index (χ3v) is 5.78. The summed E-state index contributed by atoms with van der Waals surface area (Å²) < 4.78 is 5.44. The molecule has 5 rings (SSSR count). The number of amides is 2. The van der Waals surface area contributed by atoms with Crippen LogP contribution >= 0.6 is 0 Å². The second kappa shape index (κ2) is 7.44. The van der Waals surface area contributed by atoms with Gasteiger partial charge in [0.05, 0.1) is 23.9 Å². The fourth-order valence-corrected chi connectivity index (χ4v) is 4.05. The lowest BCUT2D eigenvalue weighted by atomic mass is 10.1. The summed E-state index contributed by atoms with van der Waals surface area (Å²) >= 11 is 0. The predicted molar refractivity (Wildman–Crippen MR) is 116 cm³/mol. The molecule has 2 aliphatic rings. The smallest absolute Gasteiger partial charge is 0.256 e. The SMILES string of the molecule is COc1ccc(NC(=O)c2cc(C3CC3)nc3ccccc23)cc1N1CCCC1=O. The summed E-state index contributed by atoms with van der Waals surface area (Å²) in [5.41, 5.74) is 3.76. The van der Waals surface area contributed by atoms with Gasteiger partial charge in [-0.15, -0.1) is 0 Å². The summed E-state index contributed by atoms with van der Waals surface area (Å²) in [5, 5.41) is 3.84.